The van der Waals surface area contributed by atoms with Crippen molar-refractivity contribution < 1.29 is 9.50 Å². The van der Waals surface area contributed by atoms with Crippen LogP contribution < -0.4 is 0 Å². The highest BCUT2D eigenvalue weighted by Crippen LogP contribution is 2.38. The molecule has 0 aliphatic carbocycles. The molecule has 124 valence electrons. The SMILES string of the molecule is Cc1nn(C)c(Cl)c1[C@@H]1CCCN1C[C@H](O)c1ccc(F)cc1. The molecule has 0 bridgehead atoms. The van der Waals surface area contributed by atoms with Gasteiger partial charge in [0.2, 0.25) is 0 Å². The van der Waals surface area contributed by atoms with Gasteiger partial charge in [0.15, 0.2) is 0 Å². The van der Waals surface area contributed by atoms with Gasteiger partial charge in [-0.25, -0.2) is 4.39 Å². The van der Waals surface area contributed by atoms with Gasteiger partial charge in [-0.3, -0.25) is 9.58 Å². The molecule has 0 spiro atoms. The first-order valence-electron chi connectivity index (χ1n) is 7.84. The monoisotopic (exact) mass is 337 g/mol. The molecule has 0 unspecified atom stereocenters. The van der Waals surface area contributed by atoms with E-state index in [1.807, 2.05) is 14.0 Å². The summed E-state index contributed by atoms with van der Waals surface area (Å²) in [5.41, 5.74) is 2.72. The van der Waals surface area contributed by atoms with Gasteiger partial charge in [-0.15, -0.1) is 0 Å². The first kappa shape index (κ1) is 16.4. The zero-order valence-electron chi connectivity index (χ0n) is 13.3. The molecule has 1 aromatic carbocycles. The van der Waals surface area contributed by atoms with E-state index in [2.05, 4.69) is 10.00 Å². The summed E-state index contributed by atoms with van der Waals surface area (Å²) in [5, 5.41) is 15.5. The van der Waals surface area contributed by atoms with Crippen molar-refractivity contribution in [1.29, 1.82) is 0 Å². The summed E-state index contributed by atoms with van der Waals surface area (Å²) in [6, 6.07) is 6.19. The van der Waals surface area contributed by atoms with E-state index in [1.165, 1.54) is 12.1 Å². The molecule has 4 nitrogen and oxygen atoms in total. The average molecular weight is 338 g/mol. The fourth-order valence-corrected chi connectivity index (χ4v) is 3.71. The van der Waals surface area contributed by atoms with Crippen LogP contribution in [-0.2, 0) is 7.05 Å². The Morgan fingerprint density at radius 1 is 1.39 bits per heavy atom. The van der Waals surface area contributed by atoms with Crippen LogP contribution in [0.15, 0.2) is 24.3 Å². The van der Waals surface area contributed by atoms with Gasteiger partial charge in [0.05, 0.1) is 11.8 Å². The fraction of sp³-hybridized carbons (Fsp3) is 0.471. The number of β-amino-alcohol motifs (C(OH)–C–C–N with tert-alkyl or cyclic N) is 1. The zero-order chi connectivity index (χ0) is 16.6. The third-order valence-corrected chi connectivity index (χ3v) is 5.00. The fourth-order valence-electron chi connectivity index (χ4n) is 3.41. The molecule has 2 aromatic rings. The summed E-state index contributed by atoms with van der Waals surface area (Å²) in [6.45, 7) is 3.38. The number of hydrogen-bond donors (Lipinski definition) is 1. The molecular weight excluding hydrogens is 317 g/mol. The second kappa shape index (κ2) is 6.59. The van der Waals surface area contributed by atoms with Crippen LogP contribution in [0.1, 0.15) is 41.8 Å². The molecule has 0 saturated carbocycles. The smallest absolute Gasteiger partial charge is 0.131 e. The van der Waals surface area contributed by atoms with E-state index < -0.39 is 6.10 Å². The van der Waals surface area contributed by atoms with Crippen molar-refractivity contribution in [2.45, 2.75) is 31.9 Å². The van der Waals surface area contributed by atoms with Crippen molar-refractivity contribution in [3.63, 3.8) is 0 Å². The van der Waals surface area contributed by atoms with Crippen LogP contribution in [0.2, 0.25) is 5.15 Å². The second-order valence-corrected chi connectivity index (χ2v) is 6.49. The number of hydrogen-bond acceptors (Lipinski definition) is 3. The number of aliphatic hydroxyl groups is 1. The maximum Gasteiger partial charge on any atom is 0.131 e. The highest BCUT2D eigenvalue weighted by molar-refractivity contribution is 6.30. The van der Waals surface area contributed by atoms with E-state index in [0.29, 0.717) is 11.7 Å². The highest BCUT2D eigenvalue weighted by Gasteiger charge is 2.32. The van der Waals surface area contributed by atoms with Crippen LogP contribution in [0, 0.1) is 12.7 Å². The van der Waals surface area contributed by atoms with E-state index in [1.54, 1.807) is 16.8 Å². The lowest BCUT2D eigenvalue weighted by atomic mass is 10.0. The predicted molar refractivity (Wildman–Crippen MR) is 87.9 cm³/mol. The number of aromatic nitrogens is 2. The van der Waals surface area contributed by atoms with Crippen LogP contribution in [0.25, 0.3) is 0 Å². The van der Waals surface area contributed by atoms with Crippen molar-refractivity contribution in [2.75, 3.05) is 13.1 Å². The van der Waals surface area contributed by atoms with Crippen LogP contribution >= 0.6 is 11.6 Å². The van der Waals surface area contributed by atoms with Gasteiger partial charge in [-0.05, 0) is 44.0 Å². The molecule has 0 radical (unpaired) electrons. The quantitative estimate of drug-likeness (QED) is 0.929. The van der Waals surface area contributed by atoms with E-state index in [-0.39, 0.29) is 11.9 Å². The van der Waals surface area contributed by atoms with Gasteiger partial charge < -0.3 is 5.11 Å². The normalized spacial score (nSPS) is 20.1. The molecule has 2 heterocycles. The molecule has 1 saturated heterocycles. The topological polar surface area (TPSA) is 41.3 Å². The molecule has 1 fully saturated rings. The summed E-state index contributed by atoms with van der Waals surface area (Å²) in [5.74, 6) is -0.294. The zero-order valence-corrected chi connectivity index (χ0v) is 14.1. The predicted octanol–water partition coefficient (Wildman–Crippen LogP) is 3.39. The lowest BCUT2D eigenvalue weighted by molar-refractivity contribution is 0.106. The number of nitrogens with zero attached hydrogens (tertiary/aromatic N) is 3. The first-order chi connectivity index (χ1) is 11.0. The van der Waals surface area contributed by atoms with Crippen molar-refractivity contribution in [2.24, 2.45) is 7.05 Å². The summed E-state index contributed by atoms with van der Waals surface area (Å²) in [4.78, 5) is 2.24. The molecule has 3 rings (SSSR count). The Bertz CT molecular complexity index is 686. The molecule has 6 heteroatoms. The van der Waals surface area contributed by atoms with E-state index in [9.17, 15) is 9.50 Å². The number of benzene rings is 1. The van der Waals surface area contributed by atoms with Crippen molar-refractivity contribution in [3.05, 3.63) is 52.1 Å². The minimum Gasteiger partial charge on any atom is -0.387 e. The molecule has 0 amide bonds. The third kappa shape index (κ3) is 3.27. The van der Waals surface area contributed by atoms with Gasteiger partial charge in [-0.2, -0.15) is 5.10 Å². The summed E-state index contributed by atoms with van der Waals surface area (Å²) in [7, 11) is 1.84. The minimum absolute atomic E-state index is 0.172. The van der Waals surface area contributed by atoms with Crippen LogP contribution in [0.5, 0.6) is 0 Å². The van der Waals surface area contributed by atoms with E-state index in [4.69, 9.17) is 11.6 Å². The standard InChI is InChI=1S/C17H21ClFN3O/c1-11-16(17(18)21(2)20-11)14-4-3-9-22(14)10-15(23)12-5-7-13(19)8-6-12/h5-8,14-15,23H,3-4,9-10H2,1-2H3/t14-,15-/m0/s1. The molecule has 1 aliphatic rings. The Morgan fingerprint density at radius 3 is 2.70 bits per heavy atom. The Balaban J connectivity index is 1.78. The van der Waals surface area contributed by atoms with Gasteiger partial charge in [0.1, 0.15) is 11.0 Å². The number of halogens is 2. The largest absolute Gasteiger partial charge is 0.387 e. The Morgan fingerprint density at radius 2 is 2.09 bits per heavy atom. The van der Waals surface area contributed by atoms with Gasteiger partial charge >= 0.3 is 0 Å². The average Bonchev–Trinajstić information content (AvgIpc) is 3.04. The maximum absolute atomic E-state index is 13.0. The molecular formula is C17H21ClFN3O. The molecule has 1 aliphatic heterocycles. The Labute approximate surface area is 140 Å². The minimum atomic E-state index is -0.646. The van der Waals surface area contributed by atoms with Gasteiger partial charge in [-0.1, -0.05) is 23.7 Å². The Hall–Kier alpha value is -1.43. The lowest BCUT2D eigenvalue weighted by Crippen LogP contribution is -2.28. The van der Waals surface area contributed by atoms with Crippen molar-refractivity contribution in [3.8, 4) is 0 Å². The van der Waals surface area contributed by atoms with E-state index in [0.717, 1.165) is 36.2 Å². The number of aliphatic hydroxyl groups excluding tert-OH is 1. The summed E-state index contributed by atoms with van der Waals surface area (Å²) in [6.07, 6.45) is 1.42. The highest BCUT2D eigenvalue weighted by atomic mass is 35.5. The molecule has 2 atom stereocenters. The molecule has 23 heavy (non-hydrogen) atoms. The van der Waals surface area contributed by atoms with Gasteiger partial charge in [0.25, 0.3) is 0 Å². The third-order valence-electron chi connectivity index (χ3n) is 4.56. The number of likely N-dealkylation sites (tertiary alicyclic amines) is 1. The number of aryl methyl sites for hydroxylation is 2. The summed E-state index contributed by atoms with van der Waals surface area (Å²) >= 11 is 6.40. The van der Waals surface area contributed by atoms with Crippen molar-refractivity contribution >= 4 is 11.6 Å². The lowest BCUT2D eigenvalue weighted by Gasteiger charge is -2.27. The van der Waals surface area contributed by atoms with E-state index >= 15 is 0 Å². The van der Waals surface area contributed by atoms with Crippen molar-refractivity contribution in [1.82, 2.24) is 14.7 Å². The summed E-state index contributed by atoms with van der Waals surface area (Å²) < 4.78 is 14.7. The number of rotatable bonds is 4. The van der Waals surface area contributed by atoms with Crippen LogP contribution in [0.3, 0.4) is 0 Å². The Kier molecular flexibility index (Phi) is 4.71. The molecule has 1 aromatic heterocycles. The first-order valence-corrected chi connectivity index (χ1v) is 8.21. The van der Waals surface area contributed by atoms with Crippen LogP contribution in [-0.4, -0.2) is 32.9 Å². The maximum atomic E-state index is 13.0. The molecule has 1 N–H and O–H groups in total. The second-order valence-electron chi connectivity index (χ2n) is 6.13. The van der Waals surface area contributed by atoms with Gasteiger partial charge in [0, 0.05) is 25.2 Å². The van der Waals surface area contributed by atoms with Crippen LogP contribution in [0.4, 0.5) is 4.39 Å².